The quantitative estimate of drug-likeness (QED) is 0.663. The number of para-hydroxylation sites is 1. The van der Waals surface area contributed by atoms with Gasteiger partial charge < -0.3 is 14.7 Å². The van der Waals surface area contributed by atoms with Gasteiger partial charge in [0.25, 0.3) is 5.91 Å². The summed E-state index contributed by atoms with van der Waals surface area (Å²) >= 11 is 0. The van der Waals surface area contributed by atoms with Gasteiger partial charge in [-0.25, -0.2) is 0 Å². The third kappa shape index (κ3) is 2.89. The second-order valence-corrected chi connectivity index (χ2v) is 5.85. The van der Waals surface area contributed by atoms with E-state index < -0.39 is 16.4 Å². The van der Waals surface area contributed by atoms with Crippen molar-refractivity contribution in [2.24, 2.45) is 5.92 Å². The molecule has 1 heterocycles. The third-order valence-electron chi connectivity index (χ3n) is 4.17. The fourth-order valence-electron chi connectivity index (χ4n) is 2.80. The average molecular weight is 306 g/mol. The van der Waals surface area contributed by atoms with Gasteiger partial charge in [0.05, 0.1) is 17.1 Å². The first-order valence-electron chi connectivity index (χ1n) is 7.43. The Morgan fingerprint density at radius 1 is 1.41 bits per heavy atom. The van der Waals surface area contributed by atoms with Gasteiger partial charge in [0.15, 0.2) is 0 Å². The van der Waals surface area contributed by atoms with Gasteiger partial charge in [-0.3, -0.25) is 14.9 Å². The summed E-state index contributed by atoms with van der Waals surface area (Å²) in [7, 11) is 0. The number of ether oxygens (including phenoxy) is 1. The van der Waals surface area contributed by atoms with E-state index in [1.165, 1.54) is 18.2 Å². The molecule has 1 aromatic rings. The minimum atomic E-state index is -0.682. The Bertz CT molecular complexity index is 594. The van der Waals surface area contributed by atoms with Crippen LogP contribution in [0.2, 0.25) is 0 Å². The van der Waals surface area contributed by atoms with Gasteiger partial charge in [0.2, 0.25) is 5.75 Å². The van der Waals surface area contributed by atoms with Crippen molar-refractivity contribution in [1.29, 1.82) is 0 Å². The van der Waals surface area contributed by atoms with Crippen molar-refractivity contribution in [3.8, 4) is 5.75 Å². The molecule has 0 radical (unpaired) electrons. The van der Waals surface area contributed by atoms with Crippen molar-refractivity contribution in [3.63, 3.8) is 0 Å². The van der Waals surface area contributed by atoms with E-state index in [1.54, 1.807) is 4.90 Å². The second kappa shape index (κ2) is 5.92. The molecule has 0 spiro atoms. The minimum Gasteiger partial charge on any atom is -0.502 e. The molecule has 1 atom stereocenters. The molecule has 0 bridgehead atoms. The fraction of sp³-hybridized carbons (Fsp3) is 0.533. The van der Waals surface area contributed by atoms with Crippen LogP contribution in [0.1, 0.15) is 29.6 Å². The number of nitro benzene ring substituents is 1. The van der Waals surface area contributed by atoms with Crippen LogP contribution in [0, 0.1) is 16.0 Å². The van der Waals surface area contributed by atoms with Crippen molar-refractivity contribution >= 4 is 11.6 Å². The van der Waals surface area contributed by atoms with E-state index >= 15 is 0 Å². The Hall–Kier alpha value is -2.15. The summed E-state index contributed by atoms with van der Waals surface area (Å²) in [6, 6.07) is 4.23. The molecule has 7 heteroatoms. The molecule has 1 aliphatic heterocycles. The predicted octanol–water partition coefficient (Wildman–Crippen LogP) is 1.94. The molecule has 0 aromatic heterocycles. The molecule has 1 N–H and O–H groups in total. The molecule has 1 unspecified atom stereocenters. The van der Waals surface area contributed by atoms with Gasteiger partial charge in [-0.1, -0.05) is 6.07 Å². The van der Waals surface area contributed by atoms with E-state index in [9.17, 15) is 20.0 Å². The average Bonchev–Trinajstić information content (AvgIpc) is 3.20. The maximum absolute atomic E-state index is 12.7. The highest BCUT2D eigenvalue weighted by molar-refractivity contribution is 5.98. The molecule has 2 fully saturated rings. The summed E-state index contributed by atoms with van der Waals surface area (Å²) in [4.78, 5) is 24.7. The number of nitrogens with zero attached hydrogens (tertiary/aromatic N) is 2. The number of carbonyl (C=O) groups is 1. The fourth-order valence-corrected chi connectivity index (χ4v) is 2.80. The molecule has 1 amide bonds. The lowest BCUT2D eigenvalue weighted by molar-refractivity contribution is -0.385. The SMILES string of the molecule is O=C(c1cccc([N+](=O)[O-])c1O)N(CC1CCOC1)C1CC1. The smallest absolute Gasteiger partial charge is 0.311 e. The number of carbonyl (C=O) groups excluding carboxylic acids is 1. The van der Waals surface area contributed by atoms with Crippen LogP contribution in [0.15, 0.2) is 18.2 Å². The van der Waals surface area contributed by atoms with E-state index in [0.717, 1.165) is 19.3 Å². The Morgan fingerprint density at radius 2 is 2.18 bits per heavy atom. The molecule has 1 aromatic carbocycles. The number of nitro groups is 1. The third-order valence-corrected chi connectivity index (χ3v) is 4.17. The van der Waals surface area contributed by atoms with E-state index in [0.29, 0.717) is 25.7 Å². The van der Waals surface area contributed by atoms with E-state index in [4.69, 9.17) is 4.74 Å². The first-order valence-corrected chi connectivity index (χ1v) is 7.43. The number of phenolic OH excluding ortho intramolecular Hbond substituents is 1. The topological polar surface area (TPSA) is 92.9 Å². The van der Waals surface area contributed by atoms with Crippen LogP contribution >= 0.6 is 0 Å². The normalized spacial score (nSPS) is 20.8. The van der Waals surface area contributed by atoms with Crippen LogP contribution in [0.4, 0.5) is 5.69 Å². The Kier molecular flexibility index (Phi) is 3.98. The predicted molar refractivity (Wildman–Crippen MR) is 77.7 cm³/mol. The zero-order valence-corrected chi connectivity index (χ0v) is 12.1. The van der Waals surface area contributed by atoms with E-state index in [2.05, 4.69) is 0 Å². The number of aromatic hydroxyl groups is 1. The van der Waals surface area contributed by atoms with Gasteiger partial charge >= 0.3 is 5.69 Å². The van der Waals surface area contributed by atoms with Crippen LogP contribution in [0.5, 0.6) is 5.75 Å². The van der Waals surface area contributed by atoms with Gasteiger partial charge in [-0.2, -0.15) is 0 Å². The van der Waals surface area contributed by atoms with Crippen molar-refractivity contribution in [2.75, 3.05) is 19.8 Å². The summed E-state index contributed by atoms with van der Waals surface area (Å²) in [5.74, 6) is -0.591. The zero-order valence-electron chi connectivity index (χ0n) is 12.1. The highest BCUT2D eigenvalue weighted by atomic mass is 16.6. The maximum Gasteiger partial charge on any atom is 0.311 e. The molecule has 1 saturated heterocycles. The highest BCUT2D eigenvalue weighted by Crippen LogP contribution is 2.34. The monoisotopic (exact) mass is 306 g/mol. The molecular weight excluding hydrogens is 288 g/mol. The molecule has 1 aliphatic carbocycles. The van der Waals surface area contributed by atoms with Crippen molar-refractivity contribution in [1.82, 2.24) is 4.90 Å². The molecule has 2 aliphatic rings. The van der Waals surface area contributed by atoms with Crippen LogP contribution in [0.25, 0.3) is 0 Å². The number of hydrogen-bond donors (Lipinski definition) is 1. The summed E-state index contributed by atoms with van der Waals surface area (Å²) in [6.45, 7) is 1.92. The van der Waals surface area contributed by atoms with Gasteiger partial charge in [0.1, 0.15) is 0 Å². The molecule has 1 saturated carbocycles. The highest BCUT2D eigenvalue weighted by Gasteiger charge is 2.36. The molecular formula is C15H18N2O5. The maximum atomic E-state index is 12.7. The molecule has 118 valence electrons. The van der Waals surface area contributed by atoms with Crippen molar-refractivity contribution < 1.29 is 19.6 Å². The molecule has 3 rings (SSSR count). The van der Waals surface area contributed by atoms with Gasteiger partial charge in [0, 0.05) is 31.2 Å². The van der Waals surface area contributed by atoms with Crippen LogP contribution in [-0.2, 0) is 4.74 Å². The van der Waals surface area contributed by atoms with E-state index in [-0.39, 0.29) is 17.5 Å². The number of rotatable bonds is 5. The summed E-state index contributed by atoms with van der Waals surface area (Å²) in [5.41, 5.74) is -0.439. The van der Waals surface area contributed by atoms with Gasteiger partial charge in [-0.15, -0.1) is 0 Å². The lowest BCUT2D eigenvalue weighted by Gasteiger charge is -2.25. The van der Waals surface area contributed by atoms with Crippen LogP contribution in [-0.4, -0.2) is 46.6 Å². The second-order valence-electron chi connectivity index (χ2n) is 5.85. The first-order chi connectivity index (χ1) is 10.6. The Morgan fingerprint density at radius 3 is 2.77 bits per heavy atom. The summed E-state index contributed by atoms with van der Waals surface area (Å²) in [5, 5.41) is 20.9. The van der Waals surface area contributed by atoms with Crippen LogP contribution < -0.4 is 0 Å². The first kappa shape index (κ1) is 14.8. The van der Waals surface area contributed by atoms with E-state index in [1.807, 2.05) is 0 Å². The summed E-state index contributed by atoms with van der Waals surface area (Å²) < 4.78 is 5.34. The lowest BCUT2D eigenvalue weighted by atomic mass is 10.1. The van der Waals surface area contributed by atoms with Crippen molar-refractivity contribution in [3.05, 3.63) is 33.9 Å². The Labute approximate surface area is 127 Å². The Balaban J connectivity index is 1.84. The zero-order chi connectivity index (χ0) is 15.7. The number of phenols is 1. The standard InChI is InChI=1S/C15H18N2O5/c18-14-12(2-1-3-13(14)17(20)21)15(19)16(11-4-5-11)8-10-6-7-22-9-10/h1-3,10-11,18H,4-9H2. The van der Waals surface area contributed by atoms with Crippen LogP contribution in [0.3, 0.4) is 0 Å². The number of amides is 1. The minimum absolute atomic E-state index is 0.0000142. The molecule has 22 heavy (non-hydrogen) atoms. The molecule has 7 nitrogen and oxygen atoms in total. The largest absolute Gasteiger partial charge is 0.502 e. The number of benzene rings is 1. The lowest BCUT2D eigenvalue weighted by Crippen LogP contribution is -2.37. The summed E-state index contributed by atoms with van der Waals surface area (Å²) in [6.07, 6.45) is 2.79. The number of hydrogen-bond acceptors (Lipinski definition) is 5. The van der Waals surface area contributed by atoms with Crippen molar-refractivity contribution in [2.45, 2.75) is 25.3 Å². The van der Waals surface area contributed by atoms with Gasteiger partial charge in [-0.05, 0) is 25.3 Å².